The lowest BCUT2D eigenvalue weighted by Crippen LogP contribution is -2.25. The Morgan fingerprint density at radius 2 is 1.76 bits per heavy atom. The largest absolute Gasteiger partial charge is 0.478 e. The zero-order valence-corrected chi connectivity index (χ0v) is 12.1. The maximum absolute atomic E-state index is 12.0. The second-order valence-corrected chi connectivity index (χ2v) is 6.27. The summed E-state index contributed by atoms with van der Waals surface area (Å²) in [6.07, 6.45) is 4.50. The fraction of sp³-hybridized carbons (Fsp3) is 0.214. The Labute approximate surface area is 123 Å². The number of rotatable bonds is 7. The first kappa shape index (κ1) is 15.3. The summed E-state index contributed by atoms with van der Waals surface area (Å²) in [6, 6.07) is 8.95. The smallest absolute Gasteiger partial charge is 0.335 e. The van der Waals surface area contributed by atoms with Crippen LogP contribution in [0.3, 0.4) is 0 Å². The minimum Gasteiger partial charge on any atom is -0.478 e. The van der Waals surface area contributed by atoms with Crippen LogP contribution in [0.4, 0.5) is 0 Å². The molecular weight excluding hydrogens is 292 g/mol. The molecular formula is C14H16N2O4S. The number of sulfonamides is 1. The summed E-state index contributed by atoms with van der Waals surface area (Å²) in [5, 5.41) is 8.77. The van der Waals surface area contributed by atoms with Gasteiger partial charge >= 0.3 is 5.97 Å². The van der Waals surface area contributed by atoms with Crippen molar-refractivity contribution in [3.8, 4) is 0 Å². The summed E-state index contributed by atoms with van der Waals surface area (Å²) in [5.74, 6) is -1.08. The summed E-state index contributed by atoms with van der Waals surface area (Å²) in [5.41, 5.74) is 0.0570. The number of aromatic carboxylic acids is 1. The van der Waals surface area contributed by atoms with Crippen molar-refractivity contribution in [2.24, 2.45) is 0 Å². The molecule has 2 rings (SSSR count). The van der Waals surface area contributed by atoms with E-state index in [1.165, 1.54) is 24.3 Å². The van der Waals surface area contributed by atoms with Crippen LogP contribution in [0.15, 0.2) is 53.7 Å². The van der Waals surface area contributed by atoms with Crippen LogP contribution in [0, 0.1) is 0 Å². The van der Waals surface area contributed by atoms with Gasteiger partial charge in [-0.1, -0.05) is 0 Å². The topological polar surface area (TPSA) is 88.4 Å². The minimum absolute atomic E-state index is 0.0570. The van der Waals surface area contributed by atoms with Gasteiger partial charge in [-0.2, -0.15) is 0 Å². The Bertz CT molecular complexity index is 691. The number of benzene rings is 1. The average molecular weight is 308 g/mol. The molecule has 0 spiro atoms. The molecule has 0 fully saturated rings. The SMILES string of the molecule is O=C(O)c1ccc(S(=O)(=O)NCCCn2cccc2)cc1. The first-order valence-electron chi connectivity index (χ1n) is 6.43. The Kier molecular flexibility index (Phi) is 4.77. The van der Waals surface area contributed by atoms with Gasteiger partial charge in [0.05, 0.1) is 10.5 Å². The third kappa shape index (κ3) is 4.17. The summed E-state index contributed by atoms with van der Waals surface area (Å²) in [4.78, 5) is 10.8. The molecule has 0 saturated carbocycles. The quantitative estimate of drug-likeness (QED) is 0.760. The van der Waals surface area contributed by atoms with Crippen LogP contribution < -0.4 is 4.72 Å². The van der Waals surface area contributed by atoms with Crippen LogP contribution in [-0.2, 0) is 16.6 Å². The first-order valence-corrected chi connectivity index (χ1v) is 7.91. The Morgan fingerprint density at radius 1 is 1.14 bits per heavy atom. The molecule has 2 N–H and O–H groups in total. The summed E-state index contributed by atoms with van der Waals surface area (Å²) in [7, 11) is -3.60. The van der Waals surface area contributed by atoms with Gasteiger partial charge in [0, 0.05) is 25.5 Å². The molecule has 1 heterocycles. The lowest BCUT2D eigenvalue weighted by Gasteiger charge is -2.07. The van der Waals surface area contributed by atoms with E-state index in [0.717, 1.165) is 6.54 Å². The Balaban J connectivity index is 1.90. The highest BCUT2D eigenvalue weighted by Gasteiger charge is 2.13. The second kappa shape index (κ2) is 6.55. The van der Waals surface area contributed by atoms with Gasteiger partial charge in [-0.15, -0.1) is 0 Å². The number of nitrogens with one attached hydrogen (secondary N) is 1. The third-order valence-electron chi connectivity index (χ3n) is 2.96. The van der Waals surface area contributed by atoms with Crippen molar-refractivity contribution in [2.75, 3.05) is 6.54 Å². The van der Waals surface area contributed by atoms with Crippen LogP contribution in [0.5, 0.6) is 0 Å². The van der Waals surface area contributed by atoms with E-state index in [2.05, 4.69) is 4.72 Å². The standard InChI is InChI=1S/C14H16N2O4S/c17-14(18)12-4-6-13(7-5-12)21(19,20)15-8-3-11-16-9-1-2-10-16/h1-2,4-7,9-10,15H,3,8,11H2,(H,17,18). The molecule has 0 unspecified atom stereocenters. The summed E-state index contributed by atoms with van der Waals surface area (Å²) in [6.45, 7) is 1.05. The zero-order chi connectivity index (χ0) is 15.3. The number of hydrogen-bond acceptors (Lipinski definition) is 3. The molecule has 112 valence electrons. The van der Waals surface area contributed by atoms with Crippen molar-refractivity contribution in [3.05, 3.63) is 54.4 Å². The van der Waals surface area contributed by atoms with Gasteiger partial charge < -0.3 is 9.67 Å². The number of nitrogens with zero attached hydrogens (tertiary/aromatic N) is 1. The highest BCUT2D eigenvalue weighted by Crippen LogP contribution is 2.10. The fourth-order valence-electron chi connectivity index (χ4n) is 1.85. The van der Waals surface area contributed by atoms with Crippen molar-refractivity contribution in [1.29, 1.82) is 0 Å². The molecule has 0 atom stereocenters. The van der Waals surface area contributed by atoms with Crippen molar-refractivity contribution in [3.63, 3.8) is 0 Å². The van der Waals surface area contributed by atoms with Crippen LogP contribution in [0.1, 0.15) is 16.8 Å². The predicted octanol–water partition coefficient (Wildman–Crippen LogP) is 1.55. The molecule has 6 nitrogen and oxygen atoms in total. The molecule has 0 bridgehead atoms. The van der Waals surface area contributed by atoms with Gasteiger partial charge in [-0.3, -0.25) is 0 Å². The predicted molar refractivity (Wildman–Crippen MR) is 77.6 cm³/mol. The van der Waals surface area contributed by atoms with Gasteiger partial charge in [0.25, 0.3) is 0 Å². The normalized spacial score (nSPS) is 11.4. The van der Waals surface area contributed by atoms with Crippen LogP contribution in [-0.4, -0.2) is 30.6 Å². The summed E-state index contributed by atoms with van der Waals surface area (Å²) >= 11 is 0. The van der Waals surface area contributed by atoms with E-state index in [4.69, 9.17) is 5.11 Å². The monoisotopic (exact) mass is 308 g/mol. The van der Waals surface area contributed by atoms with E-state index in [0.29, 0.717) is 13.0 Å². The molecule has 0 amide bonds. The van der Waals surface area contributed by atoms with E-state index < -0.39 is 16.0 Å². The number of carboxylic acids is 1. The van der Waals surface area contributed by atoms with Crippen LogP contribution in [0.2, 0.25) is 0 Å². The van der Waals surface area contributed by atoms with Gasteiger partial charge in [-0.25, -0.2) is 17.9 Å². The number of carbonyl (C=O) groups is 1. The number of aryl methyl sites for hydroxylation is 1. The Hall–Kier alpha value is -2.12. The number of hydrogen-bond donors (Lipinski definition) is 2. The maximum Gasteiger partial charge on any atom is 0.335 e. The van der Waals surface area contributed by atoms with E-state index in [1.807, 2.05) is 29.1 Å². The average Bonchev–Trinajstić information content (AvgIpc) is 2.97. The second-order valence-electron chi connectivity index (χ2n) is 4.50. The van der Waals surface area contributed by atoms with Gasteiger partial charge in [-0.05, 0) is 42.8 Å². The molecule has 7 heteroatoms. The molecule has 0 radical (unpaired) electrons. The van der Waals surface area contributed by atoms with E-state index in [1.54, 1.807) is 0 Å². The molecule has 0 aliphatic carbocycles. The lowest BCUT2D eigenvalue weighted by atomic mass is 10.2. The van der Waals surface area contributed by atoms with Crippen molar-refractivity contribution < 1.29 is 18.3 Å². The Morgan fingerprint density at radius 3 is 2.33 bits per heavy atom. The maximum atomic E-state index is 12.0. The summed E-state index contributed by atoms with van der Waals surface area (Å²) < 4.78 is 28.5. The molecule has 21 heavy (non-hydrogen) atoms. The van der Waals surface area contributed by atoms with Gasteiger partial charge in [0.15, 0.2) is 0 Å². The van der Waals surface area contributed by atoms with Gasteiger partial charge in [0.1, 0.15) is 0 Å². The molecule has 2 aromatic rings. The van der Waals surface area contributed by atoms with Crippen LogP contribution >= 0.6 is 0 Å². The highest BCUT2D eigenvalue weighted by atomic mass is 32.2. The fourth-order valence-corrected chi connectivity index (χ4v) is 2.92. The molecule has 1 aromatic heterocycles. The molecule has 1 aromatic carbocycles. The van der Waals surface area contributed by atoms with Crippen LogP contribution in [0.25, 0.3) is 0 Å². The zero-order valence-electron chi connectivity index (χ0n) is 11.3. The molecule has 0 aliphatic rings. The number of carboxylic acid groups (broad SMARTS) is 1. The first-order chi connectivity index (χ1) is 9.99. The third-order valence-corrected chi connectivity index (χ3v) is 4.44. The minimum atomic E-state index is -3.60. The molecule has 0 aliphatic heterocycles. The van der Waals surface area contributed by atoms with E-state index >= 15 is 0 Å². The van der Waals surface area contributed by atoms with Gasteiger partial charge in [0.2, 0.25) is 10.0 Å². The van der Waals surface area contributed by atoms with Crippen molar-refractivity contribution in [1.82, 2.24) is 9.29 Å². The van der Waals surface area contributed by atoms with E-state index in [-0.39, 0.29) is 10.5 Å². The number of aromatic nitrogens is 1. The van der Waals surface area contributed by atoms with Crippen molar-refractivity contribution >= 4 is 16.0 Å². The van der Waals surface area contributed by atoms with Crippen molar-refractivity contribution in [2.45, 2.75) is 17.9 Å². The lowest BCUT2D eigenvalue weighted by molar-refractivity contribution is 0.0696. The molecule has 0 saturated heterocycles. The highest BCUT2D eigenvalue weighted by molar-refractivity contribution is 7.89. The van der Waals surface area contributed by atoms with E-state index in [9.17, 15) is 13.2 Å².